The van der Waals surface area contributed by atoms with Crippen molar-refractivity contribution >= 4 is 11.7 Å². The highest BCUT2D eigenvalue weighted by Crippen LogP contribution is 2.29. The number of pyridine rings is 1. The SMILES string of the molecule is O=C(C[C@H]1OCCc2ccccc21)Nc1ccn(Cc2ccncc2)n1. The normalized spacial score (nSPS) is 16.1. The Hall–Kier alpha value is -2.99. The number of rotatable bonds is 5. The molecule has 0 spiro atoms. The second-order valence-corrected chi connectivity index (χ2v) is 6.31. The Bertz CT molecular complexity index is 892. The molecule has 1 aliphatic rings. The third-order valence-corrected chi connectivity index (χ3v) is 4.47. The van der Waals surface area contributed by atoms with Crippen LogP contribution in [0.1, 0.15) is 29.2 Å². The first-order chi connectivity index (χ1) is 12.8. The summed E-state index contributed by atoms with van der Waals surface area (Å²) >= 11 is 0. The second-order valence-electron chi connectivity index (χ2n) is 6.31. The molecular weight excluding hydrogens is 328 g/mol. The highest BCUT2D eigenvalue weighted by Gasteiger charge is 2.23. The Morgan fingerprint density at radius 2 is 2.04 bits per heavy atom. The van der Waals surface area contributed by atoms with Gasteiger partial charge in [-0.05, 0) is 35.2 Å². The molecule has 6 heteroatoms. The first-order valence-electron chi connectivity index (χ1n) is 8.69. The molecule has 1 atom stereocenters. The molecule has 0 fully saturated rings. The van der Waals surface area contributed by atoms with Gasteiger partial charge < -0.3 is 10.1 Å². The van der Waals surface area contributed by atoms with Gasteiger partial charge in [-0.1, -0.05) is 24.3 Å². The number of anilines is 1. The molecule has 0 aliphatic carbocycles. The molecule has 26 heavy (non-hydrogen) atoms. The third kappa shape index (κ3) is 3.81. The molecule has 6 nitrogen and oxygen atoms in total. The van der Waals surface area contributed by atoms with Crippen LogP contribution in [0.5, 0.6) is 0 Å². The summed E-state index contributed by atoms with van der Waals surface area (Å²) in [4.78, 5) is 16.4. The van der Waals surface area contributed by atoms with Gasteiger partial charge in [0, 0.05) is 24.7 Å². The van der Waals surface area contributed by atoms with Gasteiger partial charge in [-0.2, -0.15) is 5.10 Å². The zero-order valence-electron chi connectivity index (χ0n) is 14.3. The van der Waals surface area contributed by atoms with Gasteiger partial charge in [0.2, 0.25) is 5.91 Å². The zero-order chi connectivity index (χ0) is 17.8. The van der Waals surface area contributed by atoms with Crippen LogP contribution in [0.3, 0.4) is 0 Å². The van der Waals surface area contributed by atoms with Crippen molar-refractivity contribution in [3.63, 3.8) is 0 Å². The Kier molecular flexibility index (Phi) is 4.75. The lowest BCUT2D eigenvalue weighted by atomic mass is 9.96. The van der Waals surface area contributed by atoms with Gasteiger partial charge >= 0.3 is 0 Å². The van der Waals surface area contributed by atoms with E-state index in [1.807, 2.05) is 36.5 Å². The first kappa shape index (κ1) is 16.5. The molecule has 3 heterocycles. The van der Waals surface area contributed by atoms with Crippen LogP contribution in [0, 0.1) is 0 Å². The van der Waals surface area contributed by atoms with Gasteiger partial charge in [0.05, 0.1) is 25.7 Å². The molecule has 1 aliphatic heterocycles. The van der Waals surface area contributed by atoms with Gasteiger partial charge in [-0.15, -0.1) is 0 Å². The number of nitrogens with one attached hydrogen (secondary N) is 1. The summed E-state index contributed by atoms with van der Waals surface area (Å²) in [5, 5.41) is 7.27. The Balaban J connectivity index is 1.37. The molecule has 4 rings (SSSR count). The maximum Gasteiger partial charge on any atom is 0.228 e. The van der Waals surface area contributed by atoms with Crippen molar-refractivity contribution in [3.8, 4) is 0 Å². The minimum atomic E-state index is -0.196. The molecule has 3 aromatic rings. The number of hydrogen-bond acceptors (Lipinski definition) is 4. The maximum atomic E-state index is 12.4. The van der Waals surface area contributed by atoms with Gasteiger partial charge in [-0.3, -0.25) is 14.5 Å². The molecule has 0 unspecified atom stereocenters. The van der Waals surface area contributed by atoms with E-state index in [-0.39, 0.29) is 18.4 Å². The van der Waals surface area contributed by atoms with Crippen molar-refractivity contribution in [2.24, 2.45) is 0 Å². The summed E-state index contributed by atoms with van der Waals surface area (Å²) in [5.74, 6) is 0.453. The molecule has 0 bridgehead atoms. The van der Waals surface area contributed by atoms with Crippen molar-refractivity contribution < 1.29 is 9.53 Å². The van der Waals surface area contributed by atoms with Crippen LogP contribution in [-0.4, -0.2) is 27.3 Å². The molecule has 0 saturated carbocycles. The lowest BCUT2D eigenvalue weighted by molar-refractivity contribution is -0.119. The smallest absolute Gasteiger partial charge is 0.228 e. The second kappa shape index (κ2) is 7.49. The van der Waals surface area contributed by atoms with Crippen molar-refractivity contribution in [2.75, 3.05) is 11.9 Å². The molecule has 132 valence electrons. The number of ether oxygens (including phenoxy) is 1. The van der Waals surface area contributed by atoms with Crippen LogP contribution in [-0.2, 0) is 22.5 Å². The summed E-state index contributed by atoms with van der Waals surface area (Å²) < 4.78 is 7.59. The van der Waals surface area contributed by atoms with Gasteiger partial charge in [0.15, 0.2) is 5.82 Å². The van der Waals surface area contributed by atoms with Crippen LogP contribution in [0.15, 0.2) is 61.1 Å². The quantitative estimate of drug-likeness (QED) is 0.770. The number of carbonyl (C=O) groups excluding carboxylic acids is 1. The fraction of sp³-hybridized carbons (Fsp3) is 0.250. The van der Waals surface area contributed by atoms with E-state index < -0.39 is 0 Å². The first-order valence-corrected chi connectivity index (χ1v) is 8.69. The third-order valence-electron chi connectivity index (χ3n) is 4.47. The van der Waals surface area contributed by atoms with E-state index in [0.717, 1.165) is 17.5 Å². The average Bonchev–Trinajstić information content (AvgIpc) is 3.09. The van der Waals surface area contributed by atoms with Crippen molar-refractivity contribution in [2.45, 2.75) is 25.5 Å². The predicted molar refractivity (Wildman–Crippen MR) is 97.7 cm³/mol. The standard InChI is InChI=1S/C20H20N4O2/c25-20(13-18-17-4-2-1-3-16(17)8-12-26-18)22-19-7-11-24(23-19)14-15-5-9-21-10-6-15/h1-7,9-11,18H,8,12-14H2,(H,22,23,25)/t18-/m1/s1. The van der Waals surface area contributed by atoms with E-state index in [1.54, 1.807) is 23.1 Å². The molecule has 1 N–H and O–H groups in total. The van der Waals surface area contributed by atoms with Crippen molar-refractivity contribution in [1.29, 1.82) is 0 Å². The number of hydrogen-bond donors (Lipinski definition) is 1. The molecule has 0 saturated heterocycles. The van der Waals surface area contributed by atoms with Crippen LogP contribution >= 0.6 is 0 Å². The largest absolute Gasteiger partial charge is 0.373 e. The molecule has 1 aromatic carbocycles. The molecule has 1 amide bonds. The van der Waals surface area contributed by atoms with Crippen molar-refractivity contribution in [3.05, 3.63) is 77.7 Å². The number of nitrogens with zero attached hydrogens (tertiary/aromatic N) is 3. The van der Waals surface area contributed by atoms with Crippen LogP contribution in [0.4, 0.5) is 5.82 Å². The number of carbonyl (C=O) groups is 1. The van der Waals surface area contributed by atoms with Crippen LogP contribution < -0.4 is 5.32 Å². The van der Waals surface area contributed by atoms with E-state index in [4.69, 9.17) is 4.74 Å². The molecule has 2 aromatic heterocycles. The highest BCUT2D eigenvalue weighted by molar-refractivity contribution is 5.90. The average molecular weight is 348 g/mol. The fourth-order valence-electron chi connectivity index (χ4n) is 3.20. The maximum absolute atomic E-state index is 12.4. The van der Waals surface area contributed by atoms with E-state index in [9.17, 15) is 4.79 Å². The van der Waals surface area contributed by atoms with Crippen LogP contribution in [0.2, 0.25) is 0 Å². The lowest BCUT2D eigenvalue weighted by Crippen LogP contribution is -2.22. The Labute approximate surface area is 151 Å². The minimum absolute atomic E-state index is 0.0964. The lowest BCUT2D eigenvalue weighted by Gasteiger charge is -2.25. The topological polar surface area (TPSA) is 69.0 Å². The predicted octanol–water partition coefficient (Wildman–Crippen LogP) is 2.97. The summed E-state index contributed by atoms with van der Waals surface area (Å²) in [7, 11) is 0. The monoisotopic (exact) mass is 348 g/mol. The number of aromatic nitrogens is 3. The molecular formula is C20H20N4O2. The van der Waals surface area contributed by atoms with Crippen LogP contribution in [0.25, 0.3) is 0 Å². The van der Waals surface area contributed by atoms with Gasteiger partial charge in [-0.25, -0.2) is 0 Å². The number of benzene rings is 1. The van der Waals surface area contributed by atoms with Gasteiger partial charge in [0.25, 0.3) is 0 Å². The minimum Gasteiger partial charge on any atom is -0.373 e. The summed E-state index contributed by atoms with van der Waals surface area (Å²) in [6, 6.07) is 13.8. The summed E-state index contributed by atoms with van der Waals surface area (Å²) in [6.07, 6.45) is 6.34. The summed E-state index contributed by atoms with van der Waals surface area (Å²) in [6.45, 7) is 1.28. The summed E-state index contributed by atoms with van der Waals surface area (Å²) in [5.41, 5.74) is 3.48. The van der Waals surface area contributed by atoms with Crippen molar-refractivity contribution in [1.82, 2.24) is 14.8 Å². The number of fused-ring (bicyclic) bond motifs is 1. The zero-order valence-corrected chi connectivity index (χ0v) is 14.3. The Morgan fingerprint density at radius 1 is 1.19 bits per heavy atom. The number of amides is 1. The highest BCUT2D eigenvalue weighted by atomic mass is 16.5. The van der Waals surface area contributed by atoms with E-state index in [0.29, 0.717) is 19.0 Å². The van der Waals surface area contributed by atoms with E-state index in [2.05, 4.69) is 21.5 Å². The van der Waals surface area contributed by atoms with Gasteiger partial charge in [0.1, 0.15) is 0 Å². The van der Waals surface area contributed by atoms with E-state index >= 15 is 0 Å². The fourth-order valence-corrected chi connectivity index (χ4v) is 3.20. The molecule has 0 radical (unpaired) electrons. The Morgan fingerprint density at radius 3 is 2.92 bits per heavy atom. The van der Waals surface area contributed by atoms with E-state index in [1.165, 1.54) is 5.56 Å².